The van der Waals surface area contributed by atoms with Crippen molar-refractivity contribution in [2.45, 2.75) is 13.8 Å². The highest BCUT2D eigenvalue weighted by atomic mass is 32.1. The van der Waals surface area contributed by atoms with Crippen LogP contribution in [0.25, 0.3) is 32.9 Å². The highest BCUT2D eigenvalue weighted by Crippen LogP contribution is 2.31. The number of aryl methyl sites for hydroxylation is 1. The van der Waals surface area contributed by atoms with E-state index < -0.39 is 0 Å². The second-order valence-corrected chi connectivity index (χ2v) is 9.04. The van der Waals surface area contributed by atoms with Crippen LogP contribution in [0.15, 0.2) is 57.7 Å². The summed E-state index contributed by atoms with van der Waals surface area (Å²) < 4.78 is 5.35. The van der Waals surface area contributed by atoms with Gasteiger partial charge in [0, 0.05) is 23.6 Å². The van der Waals surface area contributed by atoms with Crippen molar-refractivity contribution in [2.24, 2.45) is 0 Å². The molecular weight excluding hydrogens is 458 g/mol. The van der Waals surface area contributed by atoms with Gasteiger partial charge in [0.1, 0.15) is 0 Å². The fraction of sp³-hybridized carbons (Fsp3) is 0.0870. The molecule has 0 spiro atoms. The molecule has 4 heterocycles. The number of hydrogen-bond donors (Lipinski definition) is 2. The van der Waals surface area contributed by atoms with Gasteiger partial charge in [-0.05, 0) is 36.6 Å². The lowest BCUT2D eigenvalue weighted by atomic mass is 10.1. The first-order valence-electron chi connectivity index (χ1n) is 9.94. The van der Waals surface area contributed by atoms with Gasteiger partial charge in [-0.15, -0.1) is 22.7 Å². The predicted octanol–water partition coefficient (Wildman–Crippen LogP) is 5.59. The zero-order valence-electron chi connectivity index (χ0n) is 17.6. The first-order valence-corrected chi connectivity index (χ1v) is 11.7. The van der Waals surface area contributed by atoms with Gasteiger partial charge in [0.15, 0.2) is 5.13 Å². The molecule has 4 aromatic heterocycles. The van der Waals surface area contributed by atoms with Gasteiger partial charge in [0.2, 0.25) is 5.91 Å². The second kappa shape index (κ2) is 8.57. The van der Waals surface area contributed by atoms with Crippen molar-refractivity contribution < 1.29 is 14.1 Å². The molecule has 0 bridgehead atoms. The topological polar surface area (TPSA) is 110 Å². The summed E-state index contributed by atoms with van der Waals surface area (Å²) in [4.78, 5) is 34.4. The molecule has 0 unspecified atom stereocenters. The Morgan fingerprint density at radius 3 is 2.55 bits per heavy atom. The molecule has 164 valence electrons. The molecule has 0 saturated heterocycles. The summed E-state index contributed by atoms with van der Waals surface area (Å²) in [6, 6.07) is 13.0. The molecule has 0 aliphatic carbocycles. The molecule has 33 heavy (non-hydrogen) atoms. The van der Waals surface area contributed by atoms with Gasteiger partial charge in [-0.2, -0.15) is 0 Å². The molecule has 0 radical (unpaired) electrons. The molecule has 2 N–H and O–H groups in total. The standard InChI is InChI=1S/C23H17N5O3S2/c1-12-20-16(10-17(19-4-3-9-32-19)25-22(20)31-28-12)21(30)27-23-26-18(11-33-23)14-5-7-15(8-6-14)24-13(2)29/h3-11H,1-2H3,(H,24,29)(H,26,27,30). The number of fused-ring (bicyclic) bond motifs is 1. The fourth-order valence-corrected chi connectivity index (χ4v) is 4.78. The number of thiazole rings is 1. The van der Waals surface area contributed by atoms with E-state index in [0.29, 0.717) is 38.9 Å². The first kappa shape index (κ1) is 21.0. The van der Waals surface area contributed by atoms with Crippen LogP contribution in [0.1, 0.15) is 23.0 Å². The maximum Gasteiger partial charge on any atom is 0.259 e. The van der Waals surface area contributed by atoms with Gasteiger partial charge in [-0.3, -0.25) is 14.9 Å². The van der Waals surface area contributed by atoms with E-state index in [-0.39, 0.29) is 11.8 Å². The van der Waals surface area contributed by atoms with Crippen LogP contribution >= 0.6 is 22.7 Å². The van der Waals surface area contributed by atoms with Crippen LogP contribution < -0.4 is 10.6 Å². The number of amides is 2. The Morgan fingerprint density at radius 2 is 1.82 bits per heavy atom. The van der Waals surface area contributed by atoms with Crippen molar-refractivity contribution in [3.63, 3.8) is 0 Å². The number of carbonyl (C=O) groups excluding carboxylic acids is 2. The van der Waals surface area contributed by atoms with Crippen LogP contribution in [0.3, 0.4) is 0 Å². The maximum atomic E-state index is 13.2. The Bertz CT molecular complexity index is 1470. The lowest BCUT2D eigenvalue weighted by Gasteiger charge is -2.06. The molecule has 8 nitrogen and oxygen atoms in total. The summed E-state index contributed by atoms with van der Waals surface area (Å²) in [5.74, 6) is -0.440. The number of carbonyl (C=O) groups is 2. The minimum Gasteiger partial charge on any atom is -0.335 e. The number of anilines is 2. The molecule has 0 fully saturated rings. The SMILES string of the molecule is CC(=O)Nc1ccc(-c2csc(NC(=O)c3cc(-c4cccs4)nc4onc(C)c34)n2)cc1. The molecule has 0 atom stereocenters. The number of pyridine rings is 1. The minimum absolute atomic E-state index is 0.128. The third kappa shape index (κ3) is 4.26. The average Bonchev–Trinajstić information content (AvgIpc) is 3.55. The molecule has 0 saturated carbocycles. The number of hydrogen-bond acceptors (Lipinski definition) is 8. The molecule has 5 aromatic rings. The van der Waals surface area contributed by atoms with E-state index in [0.717, 1.165) is 16.1 Å². The van der Waals surface area contributed by atoms with Crippen LogP contribution in [0.2, 0.25) is 0 Å². The second-order valence-electron chi connectivity index (χ2n) is 7.23. The van der Waals surface area contributed by atoms with Gasteiger partial charge in [0.25, 0.3) is 11.6 Å². The van der Waals surface area contributed by atoms with Gasteiger partial charge in [-0.25, -0.2) is 9.97 Å². The lowest BCUT2D eigenvalue weighted by Crippen LogP contribution is -2.13. The Balaban J connectivity index is 1.42. The van der Waals surface area contributed by atoms with E-state index in [4.69, 9.17) is 4.52 Å². The summed E-state index contributed by atoms with van der Waals surface area (Å²) in [5.41, 5.74) is 4.31. The average molecular weight is 476 g/mol. The van der Waals surface area contributed by atoms with Crippen molar-refractivity contribution in [1.82, 2.24) is 15.1 Å². The Hall–Kier alpha value is -3.89. The number of nitrogens with one attached hydrogen (secondary N) is 2. The van der Waals surface area contributed by atoms with Gasteiger partial charge >= 0.3 is 0 Å². The Morgan fingerprint density at radius 1 is 1.00 bits per heavy atom. The van der Waals surface area contributed by atoms with Crippen molar-refractivity contribution >= 4 is 56.4 Å². The molecule has 0 aliphatic heterocycles. The first-order chi connectivity index (χ1) is 16.0. The smallest absolute Gasteiger partial charge is 0.259 e. The van der Waals surface area contributed by atoms with E-state index in [9.17, 15) is 9.59 Å². The van der Waals surface area contributed by atoms with E-state index in [1.54, 1.807) is 13.0 Å². The molecule has 2 amide bonds. The normalized spacial score (nSPS) is 11.0. The zero-order valence-corrected chi connectivity index (χ0v) is 19.2. The van der Waals surface area contributed by atoms with E-state index >= 15 is 0 Å². The monoisotopic (exact) mass is 475 g/mol. The fourth-order valence-electron chi connectivity index (χ4n) is 3.38. The summed E-state index contributed by atoms with van der Waals surface area (Å²) >= 11 is 2.86. The van der Waals surface area contributed by atoms with Gasteiger partial charge < -0.3 is 9.84 Å². The number of aromatic nitrogens is 3. The highest BCUT2D eigenvalue weighted by Gasteiger charge is 2.20. The van der Waals surface area contributed by atoms with Crippen molar-refractivity contribution in [2.75, 3.05) is 10.6 Å². The Kier molecular flexibility index (Phi) is 5.45. The number of thiophene rings is 1. The highest BCUT2D eigenvalue weighted by molar-refractivity contribution is 7.14. The predicted molar refractivity (Wildman–Crippen MR) is 130 cm³/mol. The van der Waals surface area contributed by atoms with Crippen LogP contribution in [-0.4, -0.2) is 26.9 Å². The molecular formula is C23H17N5O3S2. The minimum atomic E-state index is -0.312. The molecule has 1 aromatic carbocycles. The number of nitrogens with zero attached hydrogens (tertiary/aromatic N) is 3. The van der Waals surface area contributed by atoms with E-state index in [2.05, 4.69) is 25.8 Å². The maximum absolute atomic E-state index is 13.2. The number of rotatable bonds is 5. The third-order valence-corrected chi connectivity index (χ3v) is 6.51. The molecule has 0 aliphatic rings. The van der Waals surface area contributed by atoms with E-state index in [1.165, 1.54) is 29.6 Å². The summed E-state index contributed by atoms with van der Waals surface area (Å²) in [5, 5.41) is 14.5. The van der Waals surface area contributed by atoms with Crippen LogP contribution in [0.5, 0.6) is 0 Å². The summed E-state index contributed by atoms with van der Waals surface area (Å²) in [7, 11) is 0. The van der Waals surface area contributed by atoms with E-state index in [1.807, 2.05) is 47.2 Å². The van der Waals surface area contributed by atoms with Gasteiger partial charge in [-0.1, -0.05) is 23.4 Å². The van der Waals surface area contributed by atoms with Crippen molar-refractivity contribution in [3.05, 3.63) is 64.5 Å². The third-order valence-electron chi connectivity index (χ3n) is 4.86. The lowest BCUT2D eigenvalue weighted by molar-refractivity contribution is -0.114. The zero-order chi connectivity index (χ0) is 22.9. The van der Waals surface area contributed by atoms with Crippen molar-refractivity contribution in [3.8, 4) is 21.8 Å². The largest absolute Gasteiger partial charge is 0.335 e. The van der Waals surface area contributed by atoms with Crippen LogP contribution in [0, 0.1) is 6.92 Å². The quantitative estimate of drug-likeness (QED) is 0.343. The Labute approximate surface area is 196 Å². The van der Waals surface area contributed by atoms with Crippen LogP contribution in [0.4, 0.5) is 10.8 Å². The molecule has 10 heteroatoms. The molecule has 5 rings (SSSR count). The van der Waals surface area contributed by atoms with Crippen LogP contribution in [-0.2, 0) is 4.79 Å². The summed E-state index contributed by atoms with van der Waals surface area (Å²) in [6.07, 6.45) is 0. The number of benzene rings is 1. The van der Waals surface area contributed by atoms with Crippen molar-refractivity contribution in [1.29, 1.82) is 0 Å². The van der Waals surface area contributed by atoms with Gasteiger partial charge in [0.05, 0.1) is 32.9 Å². The summed E-state index contributed by atoms with van der Waals surface area (Å²) in [6.45, 7) is 3.24.